The molecule has 0 saturated heterocycles. The second-order valence-corrected chi connectivity index (χ2v) is 9.72. The van der Waals surface area contributed by atoms with Crippen molar-refractivity contribution in [3.05, 3.63) is 58.0 Å². The van der Waals surface area contributed by atoms with E-state index in [4.69, 9.17) is 18.9 Å². The number of fused-ring (bicyclic) bond motifs is 1. The number of hydrogen-bond acceptors (Lipinski definition) is 7. The van der Waals surface area contributed by atoms with Crippen LogP contribution in [0.1, 0.15) is 39.7 Å². The highest BCUT2D eigenvalue weighted by Gasteiger charge is 2.28. The van der Waals surface area contributed by atoms with Crippen molar-refractivity contribution >= 4 is 27.9 Å². The van der Waals surface area contributed by atoms with Gasteiger partial charge in [-0.3, -0.25) is 4.79 Å². The summed E-state index contributed by atoms with van der Waals surface area (Å²) in [7, 11) is 6.43. The van der Waals surface area contributed by atoms with Gasteiger partial charge in [0.2, 0.25) is 0 Å². The largest absolute Gasteiger partial charge is 0.497 e. The smallest absolute Gasteiger partial charge is 0.259 e. The summed E-state index contributed by atoms with van der Waals surface area (Å²) < 4.78 is 21.6. The van der Waals surface area contributed by atoms with E-state index in [-0.39, 0.29) is 5.91 Å². The Balaban J connectivity index is 1.64. The number of amides is 1. The van der Waals surface area contributed by atoms with Gasteiger partial charge in [0.05, 0.1) is 39.7 Å². The van der Waals surface area contributed by atoms with Crippen LogP contribution in [0.2, 0.25) is 0 Å². The number of methoxy groups -OCH3 is 4. The van der Waals surface area contributed by atoms with E-state index in [9.17, 15) is 4.79 Å². The van der Waals surface area contributed by atoms with Crippen LogP contribution in [-0.4, -0.2) is 34.3 Å². The summed E-state index contributed by atoms with van der Waals surface area (Å²) in [4.78, 5) is 14.9. The minimum Gasteiger partial charge on any atom is -0.497 e. The summed E-state index contributed by atoms with van der Waals surface area (Å²) in [5, 5.41) is 7.45. The number of hydrogen-bond donors (Lipinski definition) is 2. The van der Waals surface area contributed by atoms with Crippen molar-refractivity contribution in [1.29, 1.82) is 0 Å². The first kappa shape index (κ1) is 24.7. The molecule has 35 heavy (non-hydrogen) atoms. The highest BCUT2D eigenvalue weighted by Crippen LogP contribution is 2.41. The van der Waals surface area contributed by atoms with Crippen LogP contribution >= 0.6 is 11.3 Å². The van der Waals surface area contributed by atoms with Gasteiger partial charge >= 0.3 is 0 Å². The molecule has 0 saturated carbocycles. The molecule has 2 aromatic carbocycles. The van der Waals surface area contributed by atoms with Crippen LogP contribution in [0, 0.1) is 5.92 Å². The zero-order chi connectivity index (χ0) is 24.9. The Morgan fingerprint density at radius 1 is 0.971 bits per heavy atom. The van der Waals surface area contributed by atoms with Crippen molar-refractivity contribution in [2.24, 2.45) is 5.92 Å². The maximum absolute atomic E-state index is 13.6. The number of nitrogens with one attached hydrogen (secondary N) is 2. The zero-order valence-electron chi connectivity index (χ0n) is 20.8. The van der Waals surface area contributed by atoms with E-state index in [0.717, 1.165) is 35.4 Å². The summed E-state index contributed by atoms with van der Waals surface area (Å²) in [6.45, 7) is 2.82. The average Bonchev–Trinajstić information content (AvgIpc) is 3.24. The Hall–Kier alpha value is -3.39. The number of carbonyl (C=O) groups excluding carboxylic acids is 1. The predicted molar refractivity (Wildman–Crippen MR) is 140 cm³/mol. The second-order valence-electron chi connectivity index (χ2n) is 8.62. The van der Waals surface area contributed by atoms with Crippen molar-refractivity contribution in [3.8, 4) is 23.0 Å². The topological polar surface area (TPSA) is 78.1 Å². The van der Waals surface area contributed by atoms with Gasteiger partial charge in [-0.25, -0.2) is 0 Å². The van der Waals surface area contributed by atoms with Gasteiger partial charge in [-0.2, -0.15) is 0 Å². The van der Waals surface area contributed by atoms with Crippen LogP contribution in [0.25, 0.3) is 0 Å². The van der Waals surface area contributed by atoms with Crippen molar-refractivity contribution in [2.75, 3.05) is 39.1 Å². The molecule has 0 bridgehead atoms. The van der Waals surface area contributed by atoms with Gasteiger partial charge in [0.15, 0.2) is 11.5 Å². The maximum Gasteiger partial charge on any atom is 0.259 e. The number of benzene rings is 2. The van der Waals surface area contributed by atoms with Gasteiger partial charge in [-0.05, 0) is 60.6 Å². The van der Waals surface area contributed by atoms with Crippen LogP contribution in [0.3, 0.4) is 0 Å². The minimum absolute atomic E-state index is 0.154. The van der Waals surface area contributed by atoms with Gasteiger partial charge in [0.1, 0.15) is 16.5 Å². The molecule has 0 aliphatic heterocycles. The van der Waals surface area contributed by atoms with Crippen LogP contribution in [0.5, 0.6) is 23.0 Å². The molecule has 1 aromatic heterocycles. The van der Waals surface area contributed by atoms with Crippen LogP contribution < -0.4 is 29.6 Å². The summed E-state index contributed by atoms with van der Waals surface area (Å²) in [6.07, 6.45) is 2.95. The first-order chi connectivity index (χ1) is 17.0. The molecule has 1 atom stereocenters. The molecule has 1 aliphatic carbocycles. The molecule has 3 aromatic rings. The van der Waals surface area contributed by atoms with Crippen LogP contribution in [0.15, 0.2) is 36.4 Å². The molecule has 0 spiro atoms. The fourth-order valence-electron chi connectivity index (χ4n) is 4.38. The lowest BCUT2D eigenvalue weighted by Crippen LogP contribution is -2.18. The Labute approximate surface area is 210 Å². The van der Waals surface area contributed by atoms with Gasteiger partial charge in [0, 0.05) is 17.5 Å². The van der Waals surface area contributed by atoms with E-state index in [2.05, 4.69) is 17.6 Å². The number of carbonyl (C=O) groups is 1. The number of ether oxygens (including phenoxy) is 4. The molecule has 0 radical (unpaired) electrons. The third-order valence-corrected chi connectivity index (χ3v) is 7.51. The van der Waals surface area contributed by atoms with Crippen molar-refractivity contribution in [1.82, 2.24) is 0 Å². The summed E-state index contributed by atoms with van der Waals surface area (Å²) in [5.41, 5.74) is 3.46. The van der Waals surface area contributed by atoms with E-state index < -0.39 is 0 Å². The molecule has 1 aliphatic rings. The Morgan fingerprint density at radius 3 is 2.43 bits per heavy atom. The average molecular weight is 497 g/mol. The van der Waals surface area contributed by atoms with Gasteiger partial charge in [-0.1, -0.05) is 13.0 Å². The Kier molecular flexibility index (Phi) is 7.70. The molecular weight excluding hydrogens is 464 g/mol. The number of rotatable bonds is 9. The lowest BCUT2D eigenvalue weighted by Gasteiger charge is -2.19. The molecular formula is C27H32N2O5S. The van der Waals surface area contributed by atoms with Gasteiger partial charge in [0.25, 0.3) is 5.91 Å². The van der Waals surface area contributed by atoms with E-state index >= 15 is 0 Å². The van der Waals surface area contributed by atoms with E-state index in [1.54, 1.807) is 58.0 Å². The zero-order valence-corrected chi connectivity index (χ0v) is 21.6. The SMILES string of the molecule is COc1ccc(OC)c(NC(=O)c2c(NCc3ccc(OC)c(OC)c3)sc3c2CC[C@H](C)C3)c1. The summed E-state index contributed by atoms with van der Waals surface area (Å²) in [5.74, 6) is 3.04. The lowest BCUT2D eigenvalue weighted by molar-refractivity contribution is 0.102. The quantitative estimate of drug-likeness (QED) is 0.392. The highest BCUT2D eigenvalue weighted by atomic mass is 32.1. The number of anilines is 2. The molecule has 8 heteroatoms. The summed E-state index contributed by atoms with van der Waals surface area (Å²) >= 11 is 1.68. The number of thiophene rings is 1. The highest BCUT2D eigenvalue weighted by molar-refractivity contribution is 7.16. The third-order valence-electron chi connectivity index (χ3n) is 6.29. The first-order valence-electron chi connectivity index (χ1n) is 11.6. The Morgan fingerprint density at radius 2 is 1.71 bits per heavy atom. The van der Waals surface area contributed by atoms with Crippen molar-refractivity contribution in [2.45, 2.75) is 32.7 Å². The lowest BCUT2D eigenvalue weighted by atomic mass is 9.88. The predicted octanol–water partition coefficient (Wildman–Crippen LogP) is 5.77. The first-order valence-corrected chi connectivity index (χ1v) is 12.4. The molecule has 0 unspecified atom stereocenters. The van der Waals surface area contributed by atoms with Crippen molar-refractivity contribution < 1.29 is 23.7 Å². The van der Waals surface area contributed by atoms with E-state index in [1.807, 2.05) is 18.2 Å². The van der Waals surface area contributed by atoms with Crippen LogP contribution in [-0.2, 0) is 19.4 Å². The Bertz CT molecular complexity index is 1210. The fourth-order valence-corrected chi connectivity index (χ4v) is 5.79. The normalized spacial score (nSPS) is 14.6. The molecule has 1 amide bonds. The molecule has 1 heterocycles. The maximum atomic E-state index is 13.6. The molecule has 186 valence electrons. The van der Waals surface area contributed by atoms with E-state index in [0.29, 0.717) is 46.7 Å². The monoisotopic (exact) mass is 496 g/mol. The standard InChI is InChI=1S/C27H32N2O5S/c1-16-6-9-19-24(12-16)35-27(28-15-17-7-10-22(33-4)23(13-17)34-5)25(19)26(30)29-20-14-18(31-2)8-11-21(20)32-3/h7-8,10-11,13-14,16,28H,6,9,12,15H2,1-5H3,(H,29,30)/t16-/m0/s1. The van der Waals surface area contributed by atoms with E-state index in [1.165, 1.54) is 4.88 Å². The minimum atomic E-state index is -0.154. The van der Waals surface area contributed by atoms with Gasteiger partial charge < -0.3 is 29.6 Å². The summed E-state index contributed by atoms with van der Waals surface area (Å²) in [6, 6.07) is 11.2. The second kappa shape index (κ2) is 10.9. The third kappa shape index (κ3) is 5.32. The molecule has 0 fully saturated rings. The molecule has 2 N–H and O–H groups in total. The van der Waals surface area contributed by atoms with Crippen molar-refractivity contribution in [3.63, 3.8) is 0 Å². The fraction of sp³-hybridized carbons (Fsp3) is 0.370. The van der Waals surface area contributed by atoms with Gasteiger partial charge in [-0.15, -0.1) is 11.3 Å². The molecule has 4 rings (SSSR count). The molecule has 7 nitrogen and oxygen atoms in total. The van der Waals surface area contributed by atoms with Crippen LogP contribution in [0.4, 0.5) is 10.7 Å².